The number of piperidine rings is 1. The van der Waals surface area contributed by atoms with Crippen molar-refractivity contribution in [3.05, 3.63) is 107 Å². The predicted molar refractivity (Wildman–Crippen MR) is 138 cm³/mol. The van der Waals surface area contributed by atoms with Crippen LogP contribution in [0.15, 0.2) is 78.9 Å². The number of ether oxygens (including phenoxy) is 1. The minimum absolute atomic E-state index is 0.352. The number of hydrogen-bond acceptors (Lipinski definition) is 4. The van der Waals surface area contributed by atoms with E-state index >= 15 is 0 Å². The van der Waals surface area contributed by atoms with Crippen LogP contribution in [0.4, 0.5) is 0 Å². The van der Waals surface area contributed by atoms with E-state index in [1.54, 1.807) is 0 Å². The summed E-state index contributed by atoms with van der Waals surface area (Å²) in [6, 6.07) is 25.7. The summed E-state index contributed by atoms with van der Waals surface area (Å²) < 4.78 is 5.96. The van der Waals surface area contributed by atoms with Crippen molar-refractivity contribution in [2.45, 2.75) is 38.8 Å². The molecule has 4 heteroatoms. The second kappa shape index (κ2) is 9.96. The molecule has 1 saturated heterocycles. The van der Waals surface area contributed by atoms with Crippen LogP contribution in [0.1, 0.15) is 40.7 Å². The number of rotatable bonds is 7. The standard InChI is InChI=1S/C31H35NO3/c1-22-8-6-12-27(16-22)31(34,28-13-7-9-23(2)17-28)30(33)35-21-29-25-14-15-26(29)20-32(19-25)18-24-10-4-3-5-11-24/h3-13,16-17,25-26,29,34H,14-15,18-21H2,1-2H3. The van der Waals surface area contributed by atoms with Gasteiger partial charge in [-0.25, -0.2) is 4.79 Å². The van der Waals surface area contributed by atoms with E-state index in [0.717, 1.165) is 30.8 Å². The monoisotopic (exact) mass is 469 g/mol. The van der Waals surface area contributed by atoms with Crippen LogP contribution >= 0.6 is 0 Å². The van der Waals surface area contributed by atoms with E-state index in [1.807, 2.05) is 62.4 Å². The molecule has 4 nitrogen and oxygen atoms in total. The molecule has 5 rings (SSSR count). The summed E-state index contributed by atoms with van der Waals surface area (Å²) in [5.74, 6) is 0.817. The van der Waals surface area contributed by atoms with Gasteiger partial charge in [-0.3, -0.25) is 4.90 Å². The SMILES string of the molecule is Cc1cccc(C(O)(C(=O)OCC2C3CCC2CN(Cc2ccccc2)C3)c2cccc(C)c2)c1. The third-order valence-electron chi connectivity index (χ3n) is 7.93. The lowest BCUT2D eigenvalue weighted by Crippen LogP contribution is -2.45. The number of nitrogens with zero attached hydrogens (tertiary/aromatic N) is 1. The van der Waals surface area contributed by atoms with Crippen molar-refractivity contribution in [3.63, 3.8) is 0 Å². The third kappa shape index (κ3) is 4.91. The average Bonchev–Trinajstić information content (AvgIpc) is 3.10. The lowest BCUT2D eigenvalue weighted by Gasteiger charge is -2.38. The molecule has 2 fully saturated rings. The molecule has 0 radical (unpaired) electrons. The average molecular weight is 470 g/mol. The van der Waals surface area contributed by atoms with Crippen molar-refractivity contribution in [2.75, 3.05) is 19.7 Å². The summed E-state index contributed by atoms with van der Waals surface area (Å²) in [6.45, 7) is 7.34. The number of likely N-dealkylation sites (tertiary alicyclic amines) is 1. The smallest absolute Gasteiger partial charge is 0.347 e. The van der Waals surface area contributed by atoms with Crippen LogP contribution in [0, 0.1) is 31.6 Å². The number of hydrogen-bond donors (Lipinski definition) is 1. The molecule has 2 bridgehead atoms. The number of carbonyl (C=O) groups excluding carboxylic acids is 1. The van der Waals surface area contributed by atoms with Crippen LogP contribution in [-0.2, 0) is 21.7 Å². The maximum Gasteiger partial charge on any atom is 0.347 e. The molecule has 35 heavy (non-hydrogen) atoms. The molecule has 0 aromatic heterocycles. The van der Waals surface area contributed by atoms with Gasteiger partial charge in [0.15, 0.2) is 0 Å². The molecule has 2 atom stereocenters. The Hall–Kier alpha value is -2.95. The van der Waals surface area contributed by atoms with Crippen molar-refractivity contribution >= 4 is 5.97 Å². The summed E-state index contributed by atoms with van der Waals surface area (Å²) in [5, 5.41) is 11.9. The van der Waals surface area contributed by atoms with Crippen molar-refractivity contribution in [1.82, 2.24) is 4.90 Å². The molecule has 2 unspecified atom stereocenters. The van der Waals surface area contributed by atoms with E-state index in [9.17, 15) is 9.90 Å². The zero-order valence-corrected chi connectivity index (χ0v) is 20.7. The second-order valence-electron chi connectivity index (χ2n) is 10.5. The third-order valence-corrected chi connectivity index (χ3v) is 7.93. The van der Waals surface area contributed by atoms with Crippen molar-refractivity contribution in [2.24, 2.45) is 17.8 Å². The highest BCUT2D eigenvalue weighted by atomic mass is 16.5. The molecule has 3 aromatic carbocycles. The number of benzene rings is 3. The number of carbonyl (C=O) groups is 1. The van der Waals surface area contributed by atoms with Gasteiger partial charge in [0.2, 0.25) is 5.60 Å². The molecule has 0 amide bonds. The Kier molecular flexibility index (Phi) is 6.77. The molecule has 3 aromatic rings. The van der Waals surface area contributed by atoms with E-state index in [0.29, 0.717) is 35.5 Å². The number of aryl methyl sites for hydroxylation is 2. The first-order chi connectivity index (χ1) is 16.9. The Balaban J connectivity index is 1.31. The highest BCUT2D eigenvalue weighted by molar-refractivity contribution is 5.85. The molecule has 0 spiro atoms. The van der Waals surface area contributed by atoms with E-state index in [-0.39, 0.29) is 0 Å². The zero-order chi connectivity index (χ0) is 24.4. The highest BCUT2D eigenvalue weighted by Crippen LogP contribution is 2.43. The first-order valence-corrected chi connectivity index (χ1v) is 12.7. The number of aliphatic hydroxyl groups is 1. The van der Waals surface area contributed by atoms with E-state index < -0.39 is 11.6 Å². The Morgan fingerprint density at radius 3 is 2.00 bits per heavy atom. The predicted octanol–water partition coefficient (Wildman–Crippen LogP) is 5.24. The summed E-state index contributed by atoms with van der Waals surface area (Å²) in [5.41, 5.74) is 2.60. The molecular weight excluding hydrogens is 434 g/mol. The molecule has 182 valence electrons. The zero-order valence-electron chi connectivity index (χ0n) is 20.7. The molecule has 2 aliphatic rings. The lowest BCUT2D eigenvalue weighted by molar-refractivity contribution is -0.165. The van der Waals surface area contributed by atoms with Gasteiger partial charge in [-0.05, 0) is 55.2 Å². The van der Waals surface area contributed by atoms with Crippen LogP contribution < -0.4 is 0 Å². The van der Waals surface area contributed by atoms with E-state index in [2.05, 4.69) is 35.2 Å². The molecule has 1 aliphatic carbocycles. The normalized spacial score (nSPS) is 22.2. The molecule has 1 N–H and O–H groups in total. The first-order valence-electron chi connectivity index (χ1n) is 12.7. The Morgan fingerprint density at radius 1 is 0.886 bits per heavy atom. The lowest BCUT2D eigenvalue weighted by atomic mass is 9.84. The van der Waals surface area contributed by atoms with E-state index in [1.165, 1.54) is 18.4 Å². The van der Waals surface area contributed by atoms with Crippen LogP contribution in [0.3, 0.4) is 0 Å². The molecule has 1 heterocycles. The minimum Gasteiger partial charge on any atom is -0.463 e. The molecule has 1 aliphatic heterocycles. The fraction of sp³-hybridized carbons (Fsp3) is 0.387. The summed E-state index contributed by atoms with van der Waals surface area (Å²) in [6.07, 6.45) is 2.36. The highest BCUT2D eigenvalue weighted by Gasteiger charge is 2.45. The van der Waals surface area contributed by atoms with Gasteiger partial charge in [-0.1, -0.05) is 90.0 Å². The van der Waals surface area contributed by atoms with Gasteiger partial charge in [-0.15, -0.1) is 0 Å². The van der Waals surface area contributed by atoms with Gasteiger partial charge in [-0.2, -0.15) is 0 Å². The Morgan fingerprint density at radius 2 is 1.46 bits per heavy atom. The van der Waals surface area contributed by atoms with Crippen molar-refractivity contribution < 1.29 is 14.6 Å². The van der Waals surface area contributed by atoms with Gasteiger partial charge in [0.05, 0.1) is 6.61 Å². The van der Waals surface area contributed by atoms with Gasteiger partial charge in [0, 0.05) is 25.6 Å². The summed E-state index contributed by atoms with van der Waals surface area (Å²) in [7, 11) is 0. The van der Waals surface area contributed by atoms with Crippen LogP contribution in [0.2, 0.25) is 0 Å². The van der Waals surface area contributed by atoms with Crippen LogP contribution in [0.25, 0.3) is 0 Å². The van der Waals surface area contributed by atoms with Gasteiger partial charge in [0.1, 0.15) is 0 Å². The topological polar surface area (TPSA) is 49.8 Å². The maximum absolute atomic E-state index is 13.6. The Bertz CT molecular complexity index is 1120. The number of esters is 1. The summed E-state index contributed by atoms with van der Waals surface area (Å²) >= 11 is 0. The maximum atomic E-state index is 13.6. The number of fused-ring (bicyclic) bond motifs is 2. The quantitative estimate of drug-likeness (QED) is 0.481. The van der Waals surface area contributed by atoms with Crippen LogP contribution in [0.5, 0.6) is 0 Å². The largest absolute Gasteiger partial charge is 0.463 e. The molecule has 1 saturated carbocycles. The van der Waals surface area contributed by atoms with Crippen molar-refractivity contribution in [3.8, 4) is 0 Å². The van der Waals surface area contributed by atoms with Crippen LogP contribution in [-0.4, -0.2) is 35.7 Å². The fourth-order valence-electron chi connectivity index (χ4n) is 6.09. The summed E-state index contributed by atoms with van der Waals surface area (Å²) in [4.78, 5) is 16.1. The van der Waals surface area contributed by atoms with Gasteiger partial charge in [0.25, 0.3) is 0 Å². The second-order valence-corrected chi connectivity index (χ2v) is 10.5. The van der Waals surface area contributed by atoms with Gasteiger partial charge >= 0.3 is 5.97 Å². The van der Waals surface area contributed by atoms with Gasteiger partial charge < -0.3 is 9.84 Å². The minimum atomic E-state index is -1.83. The fourth-order valence-corrected chi connectivity index (χ4v) is 6.09. The van der Waals surface area contributed by atoms with Crippen molar-refractivity contribution in [1.29, 1.82) is 0 Å². The first kappa shape index (κ1) is 23.8. The Labute approximate surface area is 208 Å². The molecular formula is C31H35NO3. The van der Waals surface area contributed by atoms with E-state index in [4.69, 9.17) is 4.74 Å².